The van der Waals surface area contributed by atoms with Gasteiger partial charge in [0.15, 0.2) is 0 Å². The van der Waals surface area contributed by atoms with Crippen molar-refractivity contribution >= 4 is 11.8 Å². The van der Waals surface area contributed by atoms with Crippen LogP contribution in [0.25, 0.3) is 0 Å². The molecule has 0 bridgehead atoms. The first kappa shape index (κ1) is 10.9. The zero-order valence-electron chi connectivity index (χ0n) is 9.02. The summed E-state index contributed by atoms with van der Waals surface area (Å²) >= 11 is 1.98. The standard InChI is InChI=1S/C11H17N3S/c1-15-11-4-2-3-10(11)14-7-9-5-12-8-13-6-9/h5-6,8,10-11,14H,2-4,7H2,1H3. The number of thioether (sulfide) groups is 1. The Balaban J connectivity index is 1.83. The molecule has 15 heavy (non-hydrogen) atoms. The summed E-state index contributed by atoms with van der Waals surface area (Å²) in [6.07, 6.45) is 11.5. The Morgan fingerprint density at radius 3 is 2.93 bits per heavy atom. The number of hydrogen-bond donors (Lipinski definition) is 1. The van der Waals surface area contributed by atoms with E-state index in [0.29, 0.717) is 6.04 Å². The van der Waals surface area contributed by atoms with Gasteiger partial charge in [-0.2, -0.15) is 11.8 Å². The predicted molar refractivity (Wildman–Crippen MR) is 63.8 cm³/mol. The number of nitrogens with one attached hydrogen (secondary N) is 1. The molecule has 1 heterocycles. The van der Waals surface area contributed by atoms with Crippen LogP contribution in [0.2, 0.25) is 0 Å². The lowest BCUT2D eigenvalue weighted by atomic mass is 10.2. The highest BCUT2D eigenvalue weighted by Crippen LogP contribution is 2.28. The predicted octanol–water partition coefficient (Wildman–Crippen LogP) is 1.85. The van der Waals surface area contributed by atoms with Gasteiger partial charge in [0.25, 0.3) is 0 Å². The summed E-state index contributed by atoms with van der Waals surface area (Å²) in [5.74, 6) is 0. The molecule has 0 saturated heterocycles. The summed E-state index contributed by atoms with van der Waals surface area (Å²) in [4.78, 5) is 8.03. The maximum absolute atomic E-state index is 4.01. The maximum Gasteiger partial charge on any atom is 0.115 e. The Hall–Kier alpha value is -0.610. The molecule has 2 unspecified atom stereocenters. The van der Waals surface area contributed by atoms with Crippen molar-refractivity contribution in [2.45, 2.75) is 37.1 Å². The summed E-state index contributed by atoms with van der Waals surface area (Å²) in [6.45, 7) is 0.891. The van der Waals surface area contributed by atoms with Gasteiger partial charge >= 0.3 is 0 Å². The smallest absolute Gasteiger partial charge is 0.115 e. The van der Waals surface area contributed by atoms with Crippen LogP contribution in [0.1, 0.15) is 24.8 Å². The summed E-state index contributed by atoms with van der Waals surface area (Å²) in [5.41, 5.74) is 1.17. The monoisotopic (exact) mass is 223 g/mol. The van der Waals surface area contributed by atoms with Crippen molar-refractivity contribution in [3.05, 3.63) is 24.3 Å². The molecule has 2 rings (SSSR count). The molecule has 0 aromatic carbocycles. The van der Waals surface area contributed by atoms with Gasteiger partial charge in [-0.1, -0.05) is 6.42 Å². The van der Waals surface area contributed by atoms with E-state index in [1.807, 2.05) is 24.2 Å². The lowest BCUT2D eigenvalue weighted by molar-refractivity contribution is 0.531. The highest BCUT2D eigenvalue weighted by molar-refractivity contribution is 7.99. The number of aromatic nitrogens is 2. The van der Waals surface area contributed by atoms with E-state index in [1.54, 1.807) is 6.33 Å². The first-order valence-corrected chi connectivity index (χ1v) is 6.69. The summed E-state index contributed by atoms with van der Waals surface area (Å²) in [5, 5.41) is 4.38. The summed E-state index contributed by atoms with van der Waals surface area (Å²) < 4.78 is 0. The second-order valence-corrected chi connectivity index (χ2v) is 5.02. The van der Waals surface area contributed by atoms with Gasteiger partial charge in [-0.25, -0.2) is 9.97 Å². The second kappa shape index (κ2) is 5.47. The molecule has 1 aromatic heterocycles. The molecule has 4 heteroatoms. The second-order valence-electron chi connectivity index (χ2n) is 3.94. The molecule has 0 spiro atoms. The van der Waals surface area contributed by atoms with E-state index >= 15 is 0 Å². The minimum atomic E-state index is 0.667. The normalized spacial score (nSPS) is 25.7. The van der Waals surface area contributed by atoms with Crippen molar-refractivity contribution in [3.8, 4) is 0 Å². The summed E-state index contributed by atoms with van der Waals surface area (Å²) in [7, 11) is 0. The molecule has 3 nitrogen and oxygen atoms in total. The van der Waals surface area contributed by atoms with Gasteiger partial charge in [-0.3, -0.25) is 0 Å². The molecular weight excluding hydrogens is 206 g/mol. The maximum atomic E-state index is 4.01. The molecule has 2 atom stereocenters. The van der Waals surface area contributed by atoms with Crippen LogP contribution in [0, 0.1) is 0 Å². The molecule has 0 amide bonds. The molecule has 1 aromatic rings. The van der Waals surface area contributed by atoms with E-state index in [9.17, 15) is 0 Å². The third kappa shape index (κ3) is 2.92. The van der Waals surface area contributed by atoms with Gasteiger partial charge in [-0.05, 0) is 19.1 Å². The van der Waals surface area contributed by atoms with E-state index in [4.69, 9.17) is 0 Å². The lowest BCUT2D eigenvalue weighted by Crippen LogP contribution is -2.33. The van der Waals surface area contributed by atoms with Crippen molar-refractivity contribution in [2.24, 2.45) is 0 Å². The molecule has 82 valence electrons. The Morgan fingerprint density at radius 2 is 2.20 bits per heavy atom. The zero-order chi connectivity index (χ0) is 10.5. The zero-order valence-corrected chi connectivity index (χ0v) is 9.83. The highest BCUT2D eigenvalue weighted by Gasteiger charge is 2.25. The first-order chi connectivity index (χ1) is 7.40. The topological polar surface area (TPSA) is 37.8 Å². The van der Waals surface area contributed by atoms with Gasteiger partial charge in [-0.15, -0.1) is 0 Å². The minimum Gasteiger partial charge on any atom is -0.309 e. The van der Waals surface area contributed by atoms with Crippen molar-refractivity contribution in [2.75, 3.05) is 6.26 Å². The van der Waals surface area contributed by atoms with Crippen LogP contribution in [-0.2, 0) is 6.54 Å². The molecule has 1 aliphatic rings. The molecule has 0 radical (unpaired) electrons. The third-order valence-electron chi connectivity index (χ3n) is 2.94. The van der Waals surface area contributed by atoms with Crippen LogP contribution in [-0.4, -0.2) is 27.5 Å². The van der Waals surface area contributed by atoms with E-state index in [-0.39, 0.29) is 0 Å². The van der Waals surface area contributed by atoms with Gasteiger partial charge in [0.1, 0.15) is 6.33 Å². The van der Waals surface area contributed by atoms with Crippen molar-refractivity contribution < 1.29 is 0 Å². The fraction of sp³-hybridized carbons (Fsp3) is 0.636. The Morgan fingerprint density at radius 1 is 1.40 bits per heavy atom. The summed E-state index contributed by atoms with van der Waals surface area (Å²) in [6, 6.07) is 0.667. The number of rotatable bonds is 4. The largest absolute Gasteiger partial charge is 0.309 e. The SMILES string of the molecule is CSC1CCCC1NCc1cncnc1. The quantitative estimate of drug-likeness (QED) is 0.845. The molecular formula is C11H17N3S. The average Bonchev–Trinajstić information content (AvgIpc) is 2.75. The van der Waals surface area contributed by atoms with Gasteiger partial charge in [0, 0.05) is 35.8 Å². The third-order valence-corrected chi connectivity index (χ3v) is 4.11. The van der Waals surface area contributed by atoms with Crippen LogP contribution in [0.15, 0.2) is 18.7 Å². The van der Waals surface area contributed by atoms with Crippen molar-refractivity contribution in [3.63, 3.8) is 0 Å². The Kier molecular flexibility index (Phi) is 3.97. The van der Waals surface area contributed by atoms with Gasteiger partial charge < -0.3 is 5.32 Å². The van der Waals surface area contributed by atoms with E-state index in [0.717, 1.165) is 11.8 Å². The first-order valence-electron chi connectivity index (χ1n) is 5.40. The fourth-order valence-electron chi connectivity index (χ4n) is 2.11. The molecule has 0 aliphatic heterocycles. The lowest BCUT2D eigenvalue weighted by Gasteiger charge is -2.18. The van der Waals surface area contributed by atoms with Gasteiger partial charge in [0.2, 0.25) is 0 Å². The number of nitrogens with zero attached hydrogens (tertiary/aromatic N) is 2. The Bertz CT molecular complexity index is 291. The molecule has 1 N–H and O–H groups in total. The molecule has 1 saturated carbocycles. The minimum absolute atomic E-state index is 0.667. The van der Waals surface area contributed by atoms with E-state index in [2.05, 4.69) is 21.5 Å². The van der Waals surface area contributed by atoms with Crippen molar-refractivity contribution in [1.82, 2.24) is 15.3 Å². The molecule has 1 aliphatic carbocycles. The van der Waals surface area contributed by atoms with Crippen LogP contribution in [0.5, 0.6) is 0 Å². The van der Waals surface area contributed by atoms with Gasteiger partial charge in [0.05, 0.1) is 0 Å². The fourth-order valence-corrected chi connectivity index (χ4v) is 3.08. The van der Waals surface area contributed by atoms with Crippen LogP contribution >= 0.6 is 11.8 Å². The molecule has 1 fully saturated rings. The van der Waals surface area contributed by atoms with Crippen LogP contribution in [0.4, 0.5) is 0 Å². The highest BCUT2D eigenvalue weighted by atomic mass is 32.2. The number of hydrogen-bond acceptors (Lipinski definition) is 4. The average molecular weight is 223 g/mol. The Labute approximate surface area is 95.1 Å². The van der Waals surface area contributed by atoms with Crippen LogP contribution in [0.3, 0.4) is 0 Å². The van der Waals surface area contributed by atoms with Crippen molar-refractivity contribution in [1.29, 1.82) is 0 Å². The van der Waals surface area contributed by atoms with Crippen LogP contribution < -0.4 is 5.32 Å². The van der Waals surface area contributed by atoms with E-state index in [1.165, 1.54) is 24.8 Å². The van der Waals surface area contributed by atoms with E-state index < -0.39 is 0 Å².